The van der Waals surface area contributed by atoms with Gasteiger partial charge in [0.25, 0.3) is 0 Å². The summed E-state index contributed by atoms with van der Waals surface area (Å²) in [6.45, 7) is 6.88. The molecule has 0 aliphatic heterocycles. The van der Waals surface area contributed by atoms with Crippen LogP contribution in [0.5, 0.6) is 0 Å². The molecule has 1 heterocycles. The van der Waals surface area contributed by atoms with E-state index in [0.29, 0.717) is 30.3 Å². The second-order valence-electron chi connectivity index (χ2n) is 7.12. The lowest BCUT2D eigenvalue weighted by atomic mass is 9.84. The van der Waals surface area contributed by atoms with Crippen LogP contribution in [0.2, 0.25) is 5.22 Å². The van der Waals surface area contributed by atoms with Crippen LogP contribution in [0.4, 0.5) is 4.79 Å². The normalized spacial score (nSPS) is 21.9. The quantitative estimate of drug-likeness (QED) is 0.845. The van der Waals surface area contributed by atoms with E-state index in [1.807, 2.05) is 26.8 Å². The van der Waals surface area contributed by atoms with Crippen molar-refractivity contribution in [2.45, 2.75) is 64.6 Å². The molecule has 0 radical (unpaired) electrons. The van der Waals surface area contributed by atoms with Crippen molar-refractivity contribution < 1.29 is 13.9 Å². The summed E-state index contributed by atoms with van der Waals surface area (Å²) >= 11 is 5.79. The maximum absolute atomic E-state index is 11.8. The number of rotatable bonds is 5. The van der Waals surface area contributed by atoms with Gasteiger partial charge in [-0.15, -0.1) is 0 Å². The van der Waals surface area contributed by atoms with E-state index >= 15 is 0 Å². The van der Waals surface area contributed by atoms with E-state index in [-0.39, 0.29) is 6.09 Å². The van der Waals surface area contributed by atoms with Gasteiger partial charge in [-0.05, 0) is 63.3 Å². The minimum absolute atomic E-state index is 0.348. The highest BCUT2D eigenvalue weighted by Crippen LogP contribution is 2.25. The van der Waals surface area contributed by atoms with Crippen LogP contribution < -0.4 is 10.6 Å². The van der Waals surface area contributed by atoms with Crippen LogP contribution in [0.15, 0.2) is 16.5 Å². The SMILES string of the molecule is CC(C)(C)OC(=O)NCC1CCCCC1NCc1ccc(Cl)o1. The van der Waals surface area contributed by atoms with Crippen LogP contribution in [0, 0.1) is 5.92 Å². The van der Waals surface area contributed by atoms with Crippen LogP contribution in [0.25, 0.3) is 0 Å². The molecule has 2 atom stereocenters. The smallest absolute Gasteiger partial charge is 0.407 e. The second kappa shape index (κ2) is 8.06. The summed E-state index contributed by atoms with van der Waals surface area (Å²) in [6, 6.07) is 4.00. The maximum Gasteiger partial charge on any atom is 0.407 e. The first-order valence-corrected chi connectivity index (χ1v) is 8.66. The number of hydrogen-bond acceptors (Lipinski definition) is 4. The zero-order valence-corrected chi connectivity index (χ0v) is 14.9. The molecule has 0 aromatic carbocycles. The van der Waals surface area contributed by atoms with E-state index in [1.165, 1.54) is 12.8 Å². The van der Waals surface area contributed by atoms with Crippen LogP contribution in [0.3, 0.4) is 0 Å². The topological polar surface area (TPSA) is 63.5 Å². The number of halogens is 1. The number of furan rings is 1. The lowest BCUT2D eigenvalue weighted by Crippen LogP contribution is -2.44. The molecule has 130 valence electrons. The van der Waals surface area contributed by atoms with E-state index in [2.05, 4.69) is 10.6 Å². The van der Waals surface area contributed by atoms with Crippen molar-refractivity contribution in [2.24, 2.45) is 5.92 Å². The number of alkyl carbamates (subject to hydrolysis) is 1. The molecule has 6 heteroatoms. The first kappa shape index (κ1) is 18.1. The summed E-state index contributed by atoms with van der Waals surface area (Å²) < 4.78 is 10.7. The third-order valence-electron chi connectivity index (χ3n) is 3.98. The Kier molecular flexibility index (Phi) is 6.36. The number of carbonyl (C=O) groups excluding carboxylic acids is 1. The molecule has 0 saturated heterocycles. The molecule has 5 nitrogen and oxygen atoms in total. The zero-order chi connectivity index (χ0) is 16.9. The van der Waals surface area contributed by atoms with E-state index in [0.717, 1.165) is 18.6 Å². The standard InChI is InChI=1S/C17H27ClN2O3/c1-17(2,3)23-16(21)20-10-12-6-4-5-7-14(12)19-11-13-8-9-15(18)22-13/h8-9,12,14,19H,4-7,10-11H2,1-3H3,(H,20,21). The molecule has 23 heavy (non-hydrogen) atoms. The van der Waals surface area contributed by atoms with E-state index in [4.69, 9.17) is 20.8 Å². The lowest BCUT2D eigenvalue weighted by molar-refractivity contribution is 0.0510. The van der Waals surface area contributed by atoms with Gasteiger partial charge in [0.1, 0.15) is 11.4 Å². The van der Waals surface area contributed by atoms with Gasteiger partial charge in [0, 0.05) is 12.6 Å². The van der Waals surface area contributed by atoms with Gasteiger partial charge < -0.3 is 19.8 Å². The molecular weight excluding hydrogens is 316 g/mol. The molecule has 2 unspecified atom stereocenters. The zero-order valence-electron chi connectivity index (χ0n) is 14.2. The highest BCUT2D eigenvalue weighted by molar-refractivity contribution is 6.28. The average molecular weight is 343 g/mol. The summed E-state index contributed by atoms with van der Waals surface area (Å²) in [6.07, 6.45) is 4.27. The molecule has 1 aliphatic rings. The molecule has 2 N–H and O–H groups in total. The first-order valence-electron chi connectivity index (χ1n) is 8.28. The fourth-order valence-corrected chi connectivity index (χ4v) is 3.09. The van der Waals surface area contributed by atoms with Gasteiger partial charge in [-0.3, -0.25) is 0 Å². The van der Waals surface area contributed by atoms with Crippen LogP contribution in [0.1, 0.15) is 52.2 Å². The third-order valence-corrected chi connectivity index (χ3v) is 4.19. The Balaban J connectivity index is 1.79. The number of nitrogens with one attached hydrogen (secondary N) is 2. The Morgan fingerprint density at radius 2 is 2.09 bits per heavy atom. The molecule has 0 bridgehead atoms. The van der Waals surface area contributed by atoms with Crippen molar-refractivity contribution in [3.05, 3.63) is 23.1 Å². The number of carbonyl (C=O) groups is 1. The monoisotopic (exact) mass is 342 g/mol. The van der Waals surface area contributed by atoms with Crippen LogP contribution in [-0.4, -0.2) is 24.3 Å². The highest BCUT2D eigenvalue weighted by Gasteiger charge is 2.26. The lowest BCUT2D eigenvalue weighted by Gasteiger charge is -2.32. The van der Waals surface area contributed by atoms with Crippen molar-refractivity contribution in [1.29, 1.82) is 0 Å². The Hall–Kier alpha value is -1.20. The molecule has 1 amide bonds. The Labute approximate surface area is 143 Å². The maximum atomic E-state index is 11.8. The summed E-state index contributed by atoms with van der Waals surface area (Å²) in [4.78, 5) is 11.8. The highest BCUT2D eigenvalue weighted by atomic mass is 35.5. The van der Waals surface area contributed by atoms with Crippen molar-refractivity contribution in [3.63, 3.8) is 0 Å². The summed E-state index contributed by atoms with van der Waals surface area (Å²) in [7, 11) is 0. The fraction of sp³-hybridized carbons (Fsp3) is 0.706. The van der Waals surface area contributed by atoms with Crippen molar-refractivity contribution in [2.75, 3.05) is 6.54 Å². The number of hydrogen-bond donors (Lipinski definition) is 2. The van der Waals surface area contributed by atoms with E-state index < -0.39 is 5.60 Å². The second-order valence-corrected chi connectivity index (χ2v) is 7.49. The van der Waals surface area contributed by atoms with E-state index in [9.17, 15) is 4.79 Å². The predicted molar refractivity (Wildman–Crippen MR) is 90.5 cm³/mol. The van der Waals surface area contributed by atoms with Crippen LogP contribution >= 0.6 is 11.6 Å². The fourth-order valence-electron chi connectivity index (χ4n) is 2.93. The third kappa shape index (κ3) is 6.43. The van der Waals surface area contributed by atoms with Gasteiger partial charge >= 0.3 is 6.09 Å². The summed E-state index contributed by atoms with van der Waals surface area (Å²) in [5, 5.41) is 6.84. The Morgan fingerprint density at radius 1 is 1.35 bits per heavy atom. The molecule has 1 aromatic heterocycles. The summed E-state index contributed by atoms with van der Waals surface area (Å²) in [5.41, 5.74) is -0.465. The molecule has 1 saturated carbocycles. The van der Waals surface area contributed by atoms with Crippen LogP contribution in [-0.2, 0) is 11.3 Å². The van der Waals surface area contributed by atoms with Gasteiger partial charge in [-0.1, -0.05) is 12.8 Å². The first-order chi connectivity index (χ1) is 10.8. The van der Waals surface area contributed by atoms with Crippen molar-refractivity contribution >= 4 is 17.7 Å². The minimum atomic E-state index is -0.465. The molecular formula is C17H27ClN2O3. The van der Waals surface area contributed by atoms with Gasteiger partial charge in [-0.25, -0.2) is 4.79 Å². The van der Waals surface area contributed by atoms with Gasteiger partial charge in [0.15, 0.2) is 5.22 Å². The van der Waals surface area contributed by atoms with E-state index in [1.54, 1.807) is 6.07 Å². The molecule has 1 aromatic rings. The average Bonchev–Trinajstić information content (AvgIpc) is 2.87. The molecule has 1 aliphatic carbocycles. The Morgan fingerprint density at radius 3 is 2.74 bits per heavy atom. The molecule has 1 fully saturated rings. The van der Waals surface area contributed by atoms with Gasteiger partial charge in [-0.2, -0.15) is 0 Å². The molecule has 2 rings (SSSR count). The largest absolute Gasteiger partial charge is 0.448 e. The summed E-state index contributed by atoms with van der Waals surface area (Å²) in [5.74, 6) is 1.24. The van der Waals surface area contributed by atoms with Gasteiger partial charge in [0.05, 0.1) is 6.54 Å². The van der Waals surface area contributed by atoms with Gasteiger partial charge in [0.2, 0.25) is 0 Å². The Bertz CT molecular complexity index is 510. The minimum Gasteiger partial charge on any atom is -0.448 e. The van der Waals surface area contributed by atoms with Crippen molar-refractivity contribution in [3.8, 4) is 0 Å². The predicted octanol–water partition coefficient (Wildman–Crippen LogP) is 4.11. The number of ether oxygens (including phenoxy) is 1. The van der Waals surface area contributed by atoms with Crippen molar-refractivity contribution in [1.82, 2.24) is 10.6 Å². The molecule has 0 spiro atoms. The number of amides is 1.